The number of anilines is 2. The normalized spacial score (nSPS) is 15.8. The Labute approximate surface area is 165 Å². The molecule has 3 rings (SSSR count). The molecule has 0 bridgehead atoms. The lowest BCUT2D eigenvalue weighted by atomic mass is 9.92. The molecule has 1 atom stereocenters. The summed E-state index contributed by atoms with van der Waals surface area (Å²) in [6.07, 6.45) is 0.798. The lowest BCUT2D eigenvalue weighted by molar-refractivity contribution is -0.123. The summed E-state index contributed by atoms with van der Waals surface area (Å²) in [5.41, 5.74) is 1.01. The van der Waals surface area contributed by atoms with Gasteiger partial charge in [-0.25, -0.2) is 4.98 Å². The van der Waals surface area contributed by atoms with Crippen molar-refractivity contribution in [2.24, 2.45) is 0 Å². The van der Waals surface area contributed by atoms with Crippen LogP contribution in [-0.2, 0) is 9.59 Å². The van der Waals surface area contributed by atoms with Crippen molar-refractivity contribution in [2.45, 2.75) is 37.8 Å². The molecule has 0 unspecified atom stereocenters. The average molecular weight is 407 g/mol. The van der Waals surface area contributed by atoms with Crippen LogP contribution < -0.4 is 16.2 Å². The topological polar surface area (TPSA) is 104 Å². The van der Waals surface area contributed by atoms with E-state index in [-0.39, 0.29) is 23.7 Å². The average Bonchev–Trinajstić information content (AvgIpc) is 2.62. The zero-order chi connectivity index (χ0) is 19.6. The Morgan fingerprint density at radius 1 is 1.41 bits per heavy atom. The van der Waals surface area contributed by atoms with E-state index in [1.165, 1.54) is 11.8 Å². The van der Waals surface area contributed by atoms with Crippen molar-refractivity contribution in [3.8, 4) is 0 Å². The number of hydrogen-bond donors (Lipinski definition) is 3. The van der Waals surface area contributed by atoms with Crippen molar-refractivity contribution >= 4 is 46.7 Å². The molecular weight excluding hydrogens is 388 g/mol. The first-order valence-electron chi connectivity index (χ1n) is 8.53. The molecule has 3 N–H and O–H groups in total. The Bertz CT molecular complexity index is 960. The monoisotopic (exact) mass is 406 g/mol. The van der Waals surface area contributed by atoms with Crippen LogP contribution in [-0.4, -0.2) is 27.5 Å². The van der Waals surface area contributed by atoms with Crippen LogP contribution in [0.1, 0.15) is 36.8 Å². The van der Waals surface area contributed by atoms with Crippen LogP contribution in [0.3, 0.4) is 0 Å². The maximum Gasteiger partial charge on any atom is 0.257 e. The zero-order valence-electron chi connectivity index (χ0n) is 14.9. The van der Waals surface area contributed by atoms with E-state index < -0.39 is 17.4 Å². The first-order valence-corrected chi connectivity index (χ1v) is 9.90. The fourth-order valence-electron chi connectivity index (χ4n) is 2.80. The van der Waals surface area contributed by atoms with Crippen LogP contribution in [0.25, 0.3) is 0 Å². The maximum absolute atomic E-state index is 12.8. The summed E-state index contributed by atoms with van der Waals surface area (Å²) in [6, 6.07) is 5.16. The number of rotatable bonds is 5. The molecule has 1 aliphatic rings. The highest BCUT2D eigenvalue weighted by atomic mass is 35.5. The number of fused-ring (bicyclic) bond motifs is 1. The van der Waals surface area contributed by atoms with E-state index >= 15 is 0 Å². The van der Waals surface area contributed by atoms with Gasteiger partial charge in [-0.15, -0.1) is 0 Å². The third-order valence-corrected chi connectivity index (χ3v) is 5.70. The molecule has 0 saturated carbocycles. The van der Waals surface area contributed by atoms with Crippen LogP contribution in [0, 0.1) is 6.92 Å². The van der Waals surface area contributed by atoms with Crippen molar-refractivity contribution in [1.29, 1.82) is 0 Å². The van der Waals surface area contributed by atoms with Crippen molar-refractivity contribution in [3.05, 3.63) is 44.7 Å². The molecule has 1 aliphatic heterocycles. The molecule has 0 aliphatic carbocycles. The summed E-state index contributed by atoms with van der Waals surface area (Å²) >= 11 is 7.48. The van der Waals surface area contributed by atoms with Gasteiger partial charge < -0.3 is 15.6 Å². The third-order valence-electron chi connectivity index (χ3n) is 4.21. The summed E-state index contributed by atoms with van der Waals surface area (Å²) in [4.78, 5) is 44.5. The van der Waals surface area contributed by atoms with E-state index in [1.807, 2.05) is 6.92 Å². The van der Waals surface area contributed by atoms with Crippen LogP contribution in [0.15, 0.2) is 28.2 Å². The smallest absolute Gasteiger partial charge is 0.257 e. The van der Waals surface area contributed by atoms with Gasteiger partial charge in [0.2, 0.25) is 11.8 Å². The fraction of sp³-hybridized carbons (Fsp3) is 0.333. The number of carbonyl (C=O) groups excluding carboxylic acids is 2. The van der Waals surface area contributed by atoms with Crippen LogP contribution in [0.5, 0.6) is 0 Å². The van der Waals surface area contributed by atoms with E-state index in [1.54, 1.807) is 25.1 Å². The molecule has 9 heteroatoms. The minimum absolute atomic E-state index is 0.120. The highest BCUT2D eigenvalue weighted by Gasteiger charge is 2.35. The molecule has 0 fully saturated rings. The number of aromatic nitrogens is 2. The number of nitrogens with one attached hydrogen (secondary N) is 3. The highest BCUT2D eigenvalue weighted by Crippen LogP contribution is 2.31. The lowest BCUT2D eigenvalue weighted by Crippen LogP contribution is -2.36. The van der Waals surface area contributed by atoms with Gasteiger partial charge in [-0.05, 0) is 31.0 Å². The molecule has 142 valence electrons. The van der Waals surface area contributed by atoms with Gasteiger partial charge in [0.1, 0.15) is 5.82 Å². The third kappa shape index (κ3) is 4.17. The van der Waals surface area contributed by atoms with Crippen molar-refractivity contribution < 1.29 is 9.59 Å². The van der Waals surface area contributed by atoms with Gasteiger partial charge in [0.25, 0.3) is 5.56 Å². The van der Waals surface area contributed by atoms with E-state index in [0.29, 0.717) is 21.4 Å². The number of H-pyrrole nitrogens is 1. The van der Waals surface area contributed by atoms with Gasteiger partial charge in [0, 0.05) is 22.9 Å². The molecule has 0 spiro atoms. The first kappa shape index (κ1) is 19.4. The molecule has 0 radical (unpaired) electrons. The minimum atomic E-state index is -0.923. The Hall–Kier alpha value is -2.32. The Balaban J connectivity index is 1.93. The second kappa shape index (κ2) is 8.14. The molecule has 1 aromatic heterocycles. The number of benzene rings is 1. The molecule has 7 nitrogen and oxygen atoms in total. The highest BCUT2D eigenvalue weighted by molar-refractivity contribution is 7.99. The second-order valence-corrected chi connectivity index (χ2v) is 7.68. The van der Waals surface area contributed by atoms with E-state index in [4.69, 9.17) is 11.6 Å². The van der Waals surface area contributed by atoms with E-state index in [2.05, 4.69) is 20.6 Å². The second-order valence-electron chi connectivity index (χ2n) is 6.19. The zero-order valence-corrected chi connectivity index (χ0v) is 16.5. The summed E-state index contributed by atoms with van der Waals surface area (Å²) < 4.78 is 0. The molecule has 1 aromatic carbocycles. The molecule has 2 aromatic rings. The van der Waals surface area contributed by atoms with Gasteiger partial charge in [-0.3, -0.25) is 14.4 Å². The number of aromatic amines is 1. The van der Waals surface area contributed by atoms with Gasteiger partial charge in [0.15, 0.2) is 5.16 Å². The number of thioether (sulfide) groups is 1. The van der Waals surface area contributed by atoms with Crippen LogP contribution in [0.4, 0.5) is 11.5 Å². The van der Waals surface area contributed by atoms with Gasteiger partial charge in [-0.1, -0.05) is 36.4 Å². The molecule has 2 heterocycles. The van der Waals surface area contributed by atoms with Crippen molar-refractivity contribution in [2.75, 3.05) is 16.4 Å². The van der Waals surface area contributed by atoms with Gasteiger partial charge >= 0.3 is 0 Å². The van der Waals surface area contributed by atoms with Crippen molar-refractivity contribution in [3.63, 3.8) is 0 Å². The van der Waals surface area contributed by atoms with Gasteiger partial charge in [0.05, 0.1) is 11.5 Å². The van der Waals surface area contributed by atoms with E-state index in [9.17, 15) is 14.4 Å². The number of halogens is 1. The molecule has 2 amide bonds. The van der Waals surface area contributed by atoms with Crippen LogP contribution >= 0.6 is 23.4 Å². The Kier molecular flexibility index (Phi) is 5.86. The molecule has 27 heavy (non-hydrogen) atoms. The van der Waals surface area contributed by atoms with Gasteiger partial charge in [-0.2, -0.15) is 0 Å². The SMILES string of the molecule is CCCSc1nc2c(c(=O)[nH]1)[C@H](C(=O)Nc1cccc(Cl)c1C)CC(=O)N2. The summed E-state index contributed by atoms with van der Waals surface area (Å²) in [7, 11) is 0. The number of hydrogen-bond acceptors (Lipinski definition) is 5. The summed E-state index contributed by atoms with van der Waals surface area (Å²) in [6.45, 7) is 3.80. The Morgan fingerprint density at radius 3 is 2.93 bits per heavy atom. The number of nitrogens with zero attached hydrogens (tertiary/aromatic N) is 1. The predicted molar refractivity (Wildman–Crippen MR) is 107 cm³/mol. The minimum Gasteiger partial charge on any atom is -0.325 e. The fourth-order valence-corrected chi connectivity index (χ4v) is 3.70. The standard InChI is InChI=1S/C18H19ClN4O3S/c1-3-7-27-18-22-15-14(17(26)23-18)10(8-13(24)21-15)16(25)20-12-6-4-5-11(19)9(12)2/h4-6,10H,3,7-8H2,1-2H3,(H,20,25)(H2,21,22,23,24,26)/t10-/m1/s1. The Morgan fingerprint density at radius 2 is 2.19 bits per heavy atom. The quantitative estimate of drug-likeness (QED) is 0.522. The summed E-state index contributed by atoms with van der Waals surface area (Å²) in [5, 5.41) is 6.32. The maximum atomic E-state index is 12.8. The van der Waals surface area contributed by atoms with Crippen molar-refractivity contribution in [1.82, 2.24) is 9.97 Å². The lowest BCUT2D eigenvalue weighted by Gasteiger charge is -2.24. The largest absolute Gasteiger partial charge is 0.325 e. The molecule has 0 saturated heterocycles. The molecular formula is C18H19ClN4O3S. The first-order chi connectivity index (χ1) is 12.9. The predicted octanol–water partition coefficient (Wildman–Crippen LogP) is 3.30. The number of carbonyl (C=O) groups is 2. The summed E-state index contributed by atoms with van der Waals surface area (Å²) in [5.74, 6) is -0.786. The van der Waals surface area contributed by atoms with Crippen LogP contribution in [0.2, 0.25) is 5.02 Å². The number of amides is 2. The van der Waals surface area contributed by atoms with E-state index in [0.717, 1.165) is 12.2 Å².